The minimum atomic E-state index is -0.411. The van der Waals surface area contributed by atoms with Gasteiger partial charge in [0.15, 0.2) is 5.76 Å². The zero-order chi connectivity index (χ0) is 20.2. The maximum absolute atomic E-state index is 12.6. The summed E-state index contributed by atoms with van der Waals surface area (Å²) in [6.07, 6.45) is 3.54. The molecule has 1 fully saturated rings. The van der Waals surface area contributed by atoms with Crippen LogP contribution < -0.4 is 10.6 Å². The van der Waals surface area contributed by atoms with Gasteiger partial charge in [0.2, 0.25) is 5.91 Å². The first-order valence-electron chi connectivity index (χ1n) is 9.79. The predicted octanol–water partition coefficient (Wildman–Crippen LogP) is 2.42. The summed E-state index contributed by atoms with van der Waals surface area (Å²) in [5, 5.41) is 5.82. The van der Waals surface area contributed by atoms with Gasteiger partial charge in [-0.3, -0.25) is 9.59 Å². The van der Waals surface area contributed by atoms with Crippen molar-refractivity contribution in [2.24, 2.45) is 0 Å². The van der Waals surface area contributed by atoms with E-state index in [9.17, 15) is 9.59 Å². The molecule has 2 N–H and O–H groups in total. The lowest BCUT2D eigenvalue weighted by Gasteiger charge is -2.16. The summed E-state index contributed by atoms with van der Waals surface area (Å²) in [4.78, 5) is 29.6. The highest BCUT2D eigenvalue weighted by Gasteiger charge is 2.22. The van der Waals surface area contributed by atoms with Gasteiger partial charge in [0.1, 0.15) is 12.4 Å². The number of carbonyl (C=O) groups excluding carboxylic acids is 2. The van der Waals surface area contributed by atoms with E-state index in [4.69, 9.17) is 9.15 Å². The van der Waals surface area contributed by atoms with Gasteiger partial charge in [-0.1, -0.05) is 12.1 Å². The van der Waals surface area contributed by atoms with E-state index in [1.54, 1.807) is 12.1 Å². The smallest absolute Gasteiger partial charge is 0.287 e. The van der Waals surface area contributed by atoms with Crippen molar-refractivity contribution in [3.63, 3.8) is 0 Å². The molecule has 0 bridgehead atoms. The number of imidazole rings is 1. The third-order valence-corrected chi connectivity index (χ3v) is 5.02. The highest BCUT2D eigenvalue weighted by molar-refractivity contribution is 5.91. The van der Waals surface area contributed by atoms with Gasteiger partial charge in [0.25, 0.3) is 5.91 Å². The van der Waals surface area contributed by atoms with Crippen LogP contribution in [0.15, 0.2) is 47.1 Å². The number of ether oxygens (including phenoxy) is 1. The number of benzene rings is 1. The molecule has 4 rings (SSSR count). The average molecular weight is 396 g/mol. The predicted molar refractivity (Wildman–Crippen MR) is 106 cm³/mol. The third-order valence-electron chi connectivity index (χ3n) is 5.02. The van der Waals surface area contributed by atoms with Crippen LogP contribution in [-0.2, 0) is 16.1 Å². The van der Waals surface area contributed by atoms with Gasteiger partial charge in [-0.15, -0.1) is 0 Å². The number of nitrogens with zero attached hydrogens (tertiary/aromatic N) is 2. The molecule has 8 nitrogen and oxygen atoms in total. The number of fused-ring (bicyclic) bond motifs is 1. The second kappa shape index (κ2) is 8.48. The highest BCUT2D eigenvalue weighted by atomic mass is 16.5. The quantitative estimate of drug-likeness (QED) is 0.639. The largest absolute Gasteiger partial charge is 0.459 e. The van der Waals surface area contributed by atoms with Gasteiger partial charge in [-0.2, -0.15) is 0 Å². The molecule has 1 aliphatic heterocycles. The number of amides is 2. The first kappa shape index (κ1) is 19.2. The van der Waals surface area contributed by atoms with E-state index in [1.165, 1.54) is 6.26 Å². The maximum Gasteiger partial charge on any atom is 0.287 e. The number of nitrogens with one attached hydrogen (secondary N) is 2. The Morgan fingerprint density at radius 1 is 1.28 bits per heavy atom. The molecular formula is C21H24N4O4. The molecule has 1 aliphatic rings. The lowest BCUT2D eigenvalue weighted by Crippen LogP contribution is -2.35. The Balaban J connectivity index is 1.52. The molecule has 152 valence electrons. The molecule has 2 atom stereocenters. The third kappa shape index (κ3) is 4.32. The molecule has 0 saturated carbocycles. The van der Waals surface area contributed by atoms with Crippen molar-refractivity contribution in [3.8, 4) is 0 Å². The van der Waals surface area contributed by atoms with Crippen LogP contribution in [0.3, 0.4) is 0 Å². The van der Waals surface area contributed by atoms with Gasteiger partial charge in [-0.25, -0.2) is 4.98 Å². The lowest BCUT2D eigenvalue weighted by atomic mass is 10.2. The zero-order valence-corrected chi connectivity index (χ0v) is 16.3. The van der Waals surface area contributed by atoms with Crippen LogP contribution in [0.2, 0.25) is 0 Å². The summed E-state index contributed by atoms with van der Waals surface area (Å²) < 4.78 is 12.6. The van der Waals surface area contributed by atoms with E-state index in [2.05, 4.69) is 15.6 Å². The van der Waals surface area contributed by atoms with E-state index in [0.717, 1.165) is 30.5 Å². The SMILES string of the molecule is CC(NC(=O)c1ccco1)c1nc2ccccc2n1CC(=O)NCC1CCCO1. The van der Waals surface area contributed by atoms with Gasteiger partial charge in [0, 0.05) is 13.2 Å². The molecule has 2 aromatic heterocycles. The van der Waals surface area contributed by atoms with Crippen LogP contribution in [-0.4, -0.2) is 40.6 Å². The van der Waals surface area contributed by atoms with Crippen molar-refractivity contribution in [2.45, 2.75) is 38.5 Å². The van der Waals surface area contributed by atoms with E-state index >= 15 is 0 Å². The van der Waals surface area contributed by atoms with Crippen molar-refractivity contribution in [3.05, 3.63) is 54.2 Å². The number of aromatic nitrogens is 2. The number of hydrogen-bond donors (Lipinski definition) is 2. The topological polar surface area (TPSA) is 98.4 Å². The lowest BCUT2D eigenvalue weighted by molar-refractivity contribution is -0.122. The molecular weight excluding hydrogens is 372 g/mol. The van der Waals surface area contributed by atoms with E-state index < -0.39 is 6.04 Å². The van der Waals surface area contributed by atoms with Crippen LogP contribution in [0.25, 0.3) is 11.0 Å². The van der Waals surface area contributed by atoms with Crippen molar-refractivity contribution in [2.75, 3.05) is 13.2 Å². The van der Waals surface area contributed by atoms with Gasteiger partial charge in [-0.05, 0) is 44.0 Å². The second-order valence-electron chi connectivity index (χ2n) is 7.16. The molecule has 29 heavy (non-hydrogen) atoms. The minimum Gasteiger partial charge on any atom is -0.459 e. The fraction of sp³-hybridized carbons (Fsp3) is 0.381. The van der Waals surface area contributed by atoms with E-state index in [-0.39, 0.29) is 30.2 Å². The molecule has 0 radical (unpaired) electrons. The molecule has 1 saturated heterocycles. The Hall–Kier alpha value is -3.13. The molecule has 3 heterocycles. The average Bonchev–Trinajstić information content (AvgIpc) is 3.47. The summed E-state index contributed by atoms with van der Waals surface area (Å²) in [5.41, 5.74) is 1.61. The summed E-state index contributed by atoms with van der Waals surface area (Å²) in [7, 11) is 0. The van der Waals surface area contributed by atoms with E-state index in [0.29, 0.717) is 12.4 Å². The Bertz CT molecular complexity index is 989. The molecule has 0 aliphatic carbocycles. The summed E-state index contributed by atoms with van der Waals surface area (Å²) in [6.45, 7) is 3.21. The zero-order valence-electron chi connectivity index (χ0n) is 16.3. The van der Waals surface area contributed by atoms with Crippen molar-refractivity contribution < 1.29 is 18.7 Å². The van der Waals surface area contributed by atoms with Gasteiger partial charge >= 0.3 is 0 Å². The summed E-state index contributed by atoms with van der Waals surface area (Å²) in [6, 6.07) is 10.5. The summed E-state index contributed by atoms with van der Waals surface area (Å²) >= 11 is 0. The van der Waals surface area contributed by atoms with Gasteiger partial charge in [0.05, 0.1) is 29.4 Å². The minimum absolute atomic E-state index is 0.0875. The van der Waals surface area contributed by atoms with Crippen LogP contribution >= 0.6 is 0 Å². The number of rotatable bonds is 7. The van der Waals surface area contributed by atoms with Crippen LogP contribution in [0, 0.1) is 0 Å². The van der Waals surface area contributed by atoms with Crippen LogP contribution in [0.5, 0.6) is 0 Å². The fourth-order valence-corrected chi connectivity index (χ4v) is 3.56. The van der Waals surface area contributed by atoms with Gasteiger partial charge < -0.3 is 24.4 Å². The maximum atomic E-state index is 12.6. The highest BCUT2D eigenvalue weighted by Crippen LogP contribution is 2.21. The number of para-hydroxylation sites is 2. The first-order valence-corrected chi connectivity index (χ1v) is 9.79. The molecule has 2 amide bonds. The van der Waals surface area contributed by atoms with Crippen molar-refractivity contribution >= 4 is 22.8 Å². The van der Waals surface area contributed by atoms with Crippen molar-refractivity contribution in [1.29, 1.82) is 0 Å². The number of carbonyl (C=O) groups is 2. The second-order valence-corrected chi connectivity index (χ2v) is 7.16. The number of hydrogen-bond acceptors (Lipinski definition) is 5. The Labute approximate surface area is 168 Å². The summed E-state index contributed by atoms with van der Waals surface area (Å²) in [5.74, 6) is 0.394. The molecule has 3 aromatic rings. The molecule has 8 heteroatoms. The van der Waals surface area contributed by atoms with E-state index in [1.807, 2.05) is 35.8 Å². The Morgan fingerprint density at radius 3 is 2.90 bits per heavy atom. The number of furan rings is 1. The standard InChI is InChI=1S/C21H24N4O4/c1-14(23-21(27)18-9-5-11-29-18)20-24-16-7-2-3-8-17(16)25(20)13-19(26)22-12-15-6-4-10-28-15/h2-3,5,7-9,11,14-15H,4,6,10,12-13H2,1H3,(H,22,26)(H,23,27). The monoisotopic (exact) mass is 396 g/mol. The van der Waals surface area contributed by atoms with Crippen molar-refractivity contribution in [1.82, 2.24) is 20.2 Å². The van der Waals surface area contributed by atoms with Crippen LogP contribution in [0.4, 0.5) is 0 Å². The molecule has 0 spiro atoms. The molecule has 1 aromatic carbocycles. The first-order chi connectivity index (χ1) is 14.1. The fourth-order valence-electron chi connectivity index (χ4n) is 3.56. The molecule has 2 unspecified atom stereocenters. The van der Waals surface area contributed by atoms with Crippen LogP contribution in [0.1, 0.15) is 42.2 Å². The Morgan fingerprint density at radius 2 is 2.14 bits per heavy atom. The normalized spacial score (nSPS) is 17.3. The Kier molecular flexibility index (Phi) is 5.62.